The number of esters is 3. The summed E-state index contributed by atoms with van der Waals surface area (Å²) in [6.07, 6.45) is 33.6. The molecule has 3 saturated carbocycles. The number of ether oxygens (including phenoxy) is 3. The van der Waals surface area contributed by atoms with E-state index >= 15 is 0 Å². The van der Waals surface area contributed by atoms with Crippen molar-refractivity contribution in [3.8, 4) is 0 Å². The van der Waals surface area contributed by atoms with Crippen LogP contribution in [-0.2, 0) is 42.2 Å². The molecule has 0 amide bonds. The average molecular weight is 991 g/mol. The number of rotatable bonds is 34. The molecular formula is C57H101NO10P+. The molecule has 4 rings (SSSR count). The molecule has 10 atom stereocenters. The van der Waals surface area contributed by atoms with Gasteiger partial charge in [-0.25, -0.2) is 4.57 Å². The molecule has 0 aromatic carbocycles. The Kier molecular flexibility index (Phi) is 25.5. The highest BCUT2D eigenvalue weighted by Gasteiger charge is 2.59. The van der Waals surface area contributed by atoms with Gasteiger partial charge in [-0.3, -0.25) is 23.4 Å². The molecule has 0 radical (unpaired) electrons. The predicted molar refractivity (Wildman–Crippen MR) is 277 cm³/mol. The van der Waals surface area contributed by atoms with Gasteiger partial charge in [0.25, 0.3) is 0 Å². The standard InChI is InChI=1S/C57H100NO10P/c1-10-11-12-13-14-15-16-17-18-19-20-21-22-23-24-28-53(59)64-42-48(43-66-69(62,63)65-40-39-58(7,8)9)68-55(61)34-33-54(60)67-47-35-37-56(5)46(41-47)29-30-49-51-32-31-50(45(4)27-25-26-44(2)3)57(51,6)38-36-52(49)56/h17-18,29,44-45,47-52H,10-16,19-28,30-43H2,1-9H3/p+1/b18-17-/t45-,47+,48-,49+,50-,51+,52+,56+,57-/m1/s1. The average Bonchev–Trinajstić information content (AvgIpc) is 3.64. The second kappa shape index (κ2) is 29.6. The van der Waals surface area contributed by atoms with Gasteiger partial charge in [-0.2, -0.15) is 0 Å². The first-order chi connectivity index (χ1) is 32.8. The lowest BCUT2D eigenvalue weighted by Crippen LogP contribution is -2.51. The number of unbranched alkanes of at least 4 members (excludes halogenated alkanes) is 11. The van der Waals surface area contributed by atoms with E-state index in [1.165, 1.54) is 89.0 Å². The summed E-state index contributed by atoms with van der Waals surface area (Å²) < 4.78 is 40.6. The first kappa shape index (κ1) is 59.5. The number of carbonyl (C=O) groups is 3. The highest BCUT2D eigenvalue weighted by Crippen LogP contribution is 2.67. The summed E-state index contributed by atoms with van der Waals surface area (Å²) in [6, 6.07) is 0. The van der Waals surface area contributed by atoms with Crippen LogP contribution in [0.3, 0.4) is 0 Å². The zero-order chi connectivity index (χ0) is 50.5. The molecule has 4 aliphatic rings. The molecule has 0 heterocycles. The maximum absolute atomic E-state index is 13.2. The van der Waals surface area contributed by atoms with Crippen LogP contribution >= 0.6 is 7.82 Å². The first-order valence-electron chi connectivity index (χ1n) is 28.1. The van der Waals surface area contributed by atoms with Crippen LogP contribution in [0.5, 0.6) is 0 Å². The van der Waals surface area contributed by atoms with Crippen molar-refractivity contribution in [3.05, 3.63) is 23.8 Å². The Hall–Kier alpha value is -2.04. The third-order valence-corrected chi connectivity index (χ3v) is 17.9. The van der Waals surface area contributed by atoms with Crippen molar-refractivity contribution >= 4 is 25.7 Å². The molecule has 0 aromatic rings. The number of nitrogens with zero attached hydrogens (tertiary/aromatic N) is 1. The minimum atomic E-state index is -4.49. The number of hydrogen-bond donors (Lipinski definition) is 1. The molecule has 0 bridgehead atoms. The van der Waals surface area contributed by atoms with Gasteiger partial charge in [0.05, 0.1) is 40.6 Å². The van der Waals surface area contributed by atoms with E-state index in [1.54, 1.807) is 0 Å². The molecule has 69 heavy (non-hydrogen) atoms. The number of quaternary nitrogens is 1. The smallest absolute Gasteiger partial charge is 0.462 e. The summed E-state index contributed by atoms with van der Waals surface area (Å²) in [5.41, 5.74) is 2.03. The van der Waals surface area contributed by atoms with E-state index in [4.69, 9.17) is 23.3 Å². The van der Waals surface area contributed by atoms with Crippen LogP contribution in [0.25, 0.3) is 0 Å². The highest BCUT2D eigenvalue weighted by atomic mass is 31.2. The Morgan fingerprint density at radius 2 is 1.43 bits per heavy atom. The summed E-state index contributed by atoms with van der Waals surface area (Å²) in [6.45, 7) is 14.2. The van der Waals surface area contributed by atoms with Gasteiger partial charge in [0, 0.05) is 12.8 Å². The van der Waals surface area contributed by atoms with Gasteiger partial charge in [0.15, 0.2) is 6.10 Å². The lowest BCUT2D eigenvalue weighted by Gasteiger charge is -2.58. The monoisotopic (exact) mass is 991 g/mol. The van der Waals surface area contributed by atoms with E-state index in [2.05, 4.69) is 59.8 Å². The number of phosphoric acid groups is 1. The fraction of sp³-hybridized carbons (Fsp3) is 0.877. The van der Waals surface area contributed by atoms with Gasteiger partial charge >= 0.3 is 25.7 Å². The molecule has 0 aliphatic heterocycles. The van der Waals surface area contributed by atoms with Crippen molar-refractivity contribution in [1.29, 1.82) is 0 Å². The van der Waals surface area contributed by atoms with Crippen LogP contribution in [0.2, 0.25) is 0 Å². The number of fused-ring (bicyclic) bond motifs is 5. The Labute approximate surface area is 420 Å². The van der Waals surface area contributed by atoms with Crippen LogP contribution in [0.4, 0.5) is 0 Å². The minimum Gasteiger partial charge on any atom is -0.462 e. The van der Waals surface area contributed by atoms with Crippen molar-refractivity contribution in [2.24, 2.45) is 46.3 Å². The van der Waals surface area contributed by atoms with Crippen molar-refractivity contribution in [3.63, 3.8) is 0 Å². The third kappa shape index (κ3) is 20.4. The van der Waals surface area contributed by atoms with E-state index in [0.29, 0.717) is 28.8 Å². The van der Waals surface area contributed by atoms with Gasteiger partial charge in [-0.1, -0.05) is 136 Å². The van der Waals surface area contributed by atoms with Gasteiger partial charge < -0.3 is 23.6 Å². The Balaban J connectivity index is 1.19. The van der Waals surface area contributed by atoms with Crippen LogP contribution in [0.15, 0.2) is 23.8 Å². The lowest BCUT2D eigenvalue weighted by molar-refractivity contribution is -0.870. The second-order valence-electron chi connectivity index (χ2n) is 23.9. The van der Waals surface area contributed by atoms with E-state index in [0.717, 1.165) is 93.8 Å². The predicted octanol–water partition coefficient (Wildman–Crippen LogP) is 14.1. The maximum Gasteiger partial charge on any atom is 0.472 e. The van der Waals surface area contributed by atoms with E-state index < -0.39 is 38.4 Å². The maximum atomic E-state index is 13.2. The molecule has 12 heteroatoms. The second-order valence-corrected chi connectivity index (χ2v) is 25.3. The Morgan fingerprint density at radius 1 is 0.768 bits per heavy atom. The third-order valence-electron chi connectivity index (χ3n) is 16.9. The Morgan fingerprint density at radius 3 is 2.12 bits per heavy atom. The summed E-state index contributed by atoms with van der Waals surface area (Å²) in [4.78, 5) is 49.4. The van der Waals surface area contributed by atoms with Gasteiger partial charge in [-0.15, -0.1) is 0 Å². The SMILES string of the molecule is CCCCCCCC/C=C\CCCCCCCC(=O)OC[C@H](COP(=O)(O)OCC[N+](C)(C)C)OC(=O)CCC(=O)O[C@H]1CC[C@@]2(C)C(=CC[C@H]3[C@@H]4CC[C@H]([C@H](C)CCCC(C)C)[C@@]4(C)CC[C@@H]32)C1. The van der Waals surface area contributed by atoms with Crippen molar-refractivity contribution in [1.82, 2.24) is 0 Å². The van der Waals surface area contributed by atoms with Gasteiger partial charge in [0.2, 0.25) is 0 Å². The molecular weight excluding hydrogens is 890 g/mol. The summed E-state index contributed by atoms with van der Waals surface area (Å²) >= 11 is 0. The highest BCUT2D eigenvalue weighted by molar-refractivity contribution is 7.47. The Bertz CT molecular complexity index is 1660. The molecule has 0 spiro atoms. The fourth-order valence-corrected chi connectivity index (χ4v) is 13.5. The summed E-state index contributed by atoms with van der Waals surface area (Å²) in [5.74, 6) is 2.99. The summed E-state index contributed by atoms with van der Waals surface area (Å²) in [5, 5.41) is 0. The molecule has 0 aromatic heterocycles. The largest absolute Gasteiger partial charge is 0.472 e. The van der Waals surface area contributed by atoms with Crippen LogP contribution in [0.1, 0.15) is 215 Å². The van der Waals surface area contributed by atoms with Crippen molar-refractivity contribution < 1.29 is 51.6 Å². The fourth-order valence-electron chi connectivity index (χ4n) is 12.8. The molecule has 1 N–H and O–H groups in total. The molecule has 11 nitrogen and oxygen atoms in total. The first-order valence-corrected chi connectivity index (χ1v) is 29.6. The normalized spacial score (nSPS) is 27.5. The molecule has 4 aliphatic carbocycles. The number of allylic oxidation sites excluding steroid dienone is 3. The number of likely N-dealkylation sites (N-methyl/N-ethyl adjacent to an activating group) is 1. The van der Waals surface area contributed by atoms with Crippen molar-refractivity contribution in [2.75, 3.05) is 47.5 Å². The van der Waals surface area contributed by atoms with E-state index in [1.807, 2.05) is 21.1 Å². The van der Waals surface area contributed by atoms with Gasteiger partial charge in [-0.05, 0) is 123 Å². The topological polar surface area (TPSA) is 135 Å². The zero-order valence-electron chi connectivity index (χ0n) is 45.3. The summed E-state index contributed by atoms with van der Waals surface area (Å²) in [7, 11) is 1.30. The lowest BCUT2D eigenvalue weighted by atomic mass is 9.47. The molecule has 1 unspecified atom stereocenters. The van der Waals surface area contributed by atoms with E-state index in [9.17, 15) is 23.8 Å². The molecule has 398 valence electrons. The van der Waals surface area contributed by atoms with Crippen molar-refractivity contribution in [2.45, 2.75) is 227 Å². The quantitative estimate of drug-likeness (QED) is 0.0166. The minimum absolute atomic E-state index is 0.0218. The van der Waals surface area contributed by atoms with Crippen LogP contribution < -0.4 is 0 Å². The molecule has 0 saturated heterocycles. The molecule has 3 fully saturated rings. The number of carbonyl (C=O) groups excluding carboxylic acids is 3. The van der Waals surface area contributed by atoms with Crippen LogP contribution in [0, 0.1) is 46.3 Å². The van der Waals surface area contributed by atoms with Gasteiger partial charge in [0.1, 0.15) is 25.9 Å². The number of hydrogen-bond acceptors (Lipinski definition) is 9. The zero-order valence-corrected chi connectivity index (χ0v) is 46.2. The van der Waals surface area contributed by atoms with E-state index in [-0.39, 0.29) is 44.0 Å². The number of phosphoric ester groups is 1. The van der Waals surface area contributed by atoms with Crippen LogP contribution in [-0.4, -0.2) is 87.0 Å².